The van der Waals surface area contributed by atoms with E-state index in [1.165, 1.54) is 0 Å². The van der Waals surface area contributed by atoms with Gasteiger partial charge in [-0.05, 0) is 5.97 Å². The molecule has 1 radical (unpaired) electrons. The number of hydrogen-bond acceptors (Lipinski definition) is 2. The maximum absolute atomic E-state index is 9.34. The van der Waals surface area contributed by atoms with Gasteiger partial charge in [0.05, 0.1) is 0 Å². The van der Waals surface area contributed by atoms with Crippen molar-refractivity contribution >= 4 is 16.1 Å². The molecular formula is CHBNOSi. The second-order valence-electron chi connectivity index (χ2n) is 0.432. The van der Waals surface area contributed by atoms with E-state index >= 15 is 0 Å². The highest BCUT2D eigenvalue weighted by Crippen LogP contribution is 1.31. The Hall–Kier alpha value is -0.428. The zero-order valence-electron chi connectivity index (χ0n) is 2.51. The van der Waals surface area contributed by atoms with Crippen LogP contribution in [-0.2, 0) is 4.46 Å². The quantitative estimate of drug-likeness (QED) is 0.375. The molecule has 0 unspecified atom stereocenters. The van der Waals surface area contributed by atoms with E-state index in [2.05, 4.69) is 0 Å². The van der Waals surface area contributed by atoms with Gasteiger partial charge in [-0.25, -0.2) is 5.26 Å². The van der Waals surface area contributed by atoms with E-state index < -0.39 is 9.28 Å². The zero-order chi connectivity index (χ0) is 4.12. The minimum absolute atomic E-state index is 0.950. The fraction of sp³-hybridized carbons (Fsp3) is 0. The number of hydrogen-bond donors (Lipinski definition) is 0. The first-order valence-electron chi connectivity index (χ1n) is 1.08. The van der Waals surface area contributed by atoms with E-state index in [-0.39, 0.29) is 0 Å². The average molecular weight is 81.9 g/mol. The Balaban J connectivity index is 2.75. The molecule has 0 aromatic heterocycles. The van der Waals surface area contributed by atoms with Crippen LogP contribution in [0.25, 0.3) is 0 Å². The van der Waals surface area contributed by atoms with Crippen LogP contribution in [0.3, 0.4) is 0 Å². The third-order valence-electron chi connectivity index (χ3n) is 0.143. The lowest BCUT2D eigenvalue weighted by atomic mass is 10.2. The van der Waals surface area contributed by atoms with Crippen LogP contribution in [0.5, 0.6) is 0 Å². The third kappa shape index (κ3) is 3.57. The highest BCUT2D eigenvalue weighted by Gasteiger charge is 1.74. The summed E-state index contributed by atoms with van der Waals surface area (Å²) in [4.78, 5) is 0. The molecule has 0 amide bonds. The zero-order valence-corrected chi connectivity index (χ0v) is 3.66. The van der Waals surface area contributed by atoms with Crippen molar-refractivity contribution in [3.63, 3.8) is 0 Å². The van der Waals surface area contributed by atoms with Crippen molar-refractivity contribution in [3.05, 3.63) is 0 Å². The molecule has 0 saturated carbocycles. The second kappa shape index (κ2) is 3.57. The van der Waals surface area contributed by atoms with Crippen LogP contribution in [0.4, 0.5) is 0 Å². The molecule has 0 aliphatic carbocycles. The van der Waals surface area contributed by atoms with Gasteiger partial charge in [0.15, 0.2) is 0 Å². The van der Waals surface area contributed by atoms with Gasteiger partial charge < -0.3 is 4.46 Å². The summed E-state index contributed by atoms with van der Waals surface area (Å²) in [6.07, 6.45) is 0. The van der Waals surface area contributed by atoms with Crippen LogP contribution in [0.2, 0.25) is 0 Å². The lowest BCUT2D eigenvalue weighted by Gasteiger charge is -1.42. The molecule has 0 bridgehead atoms. The molecule has 0 aliphatic heterocycles. The maximum atomic E-state index is 9.34. The summed E-state index contributed by atoms with van der Waals surface area (Å²) < 4.78 is 9.34. The molecule has 0 spiro atoms. The average Bonchev–Trinajstić information content (AvgIpc) is 1.41. The standard InChI is InChI=1S/CHBNOSi/c3-1-2-5-4/h5H. The Morgan fingerprint density at radius 3 is 2.60 bits per heavy atom. The molecule has 5 heavy (non-hydrogen) atoms. The van der Waals surface area contributed by atoms with Crippen molar-refractivity contribution in [2.45, 2.75) is 0 Å². The van der Waals surface area contributed by atoms with Gasteiger partial charge in [-0.15, -0.1) is 0 Å². The summed E-state index contributed by atoms with van der Waals surface area (Å²) in [5.41, 5.74) is 0. The highest BCUT2D eigenvalue weighted by molar-refractivity contribution is 6.97. The van der Waals surface area contributed by atoms with Crippen molar-refractivity contribution < 1.29 is 4.46 Å². The van der Waals surface area contributed by atoms with Crippen molar-refractivity contribution in [3.8, 4) is 5.97 Å². The van der Waals surface area contributed by atoms with E-state index in [9.17, 15) is 4.46 Å². The monoisotopic (exact) mass is 82.0 g/mol. The fourth-order valence-electron chi connectivity index (χ4n) is 0.0304. The molecule has 4 heteroatoms. The minimum Gasteiger partial charge on any atom is -0.401 e. The molecule has 0 heterocycles. The largest absolute Gasteiger partial charge is 0.401 e. The SMILES string of the molecule is N#C[B][SiH]=O. The van der Waals surface area contributed by atoms with Gasteiger partial charge in [-0.3, -0.25) is 0 Å². The van der Waals surface area contributed by atoms with Crippen molar-refractivity contribution in [2.24, 2.45) is 0 Å². The van der Waals surface area contributed by atoms with Gasteiger partial charge in [-0.2, -0.15) is 0 Å². The molecular weight excluding hydrogens is 80.9 g/mol. The van der Waals surface area contributed by atoms with Crippen molar-refractivity contribution in [1.29, 1.82) is 5.26 Å². The second-order valence-corrected chi connectivity index (χ2v) is 1.04. The highest BCUT2D eigenvalue weighted by atomic mass is 28.2. The van der Waals surface area contributed by atoms with E-state index in [1.54, 1.807) is 5.97 Å². The van der Waals surface area contributed by atoms with Gasteiger partial charge in [0, 0.05) is 0 Å². The van der Waals surface area contributed by atoms with Gasteiger partial charge >= 0.3 is 6.87 Å². The topological polar surface area (TPSA) is 40.9 Å². The molecule has 0 saturated heterocycles. The summed E-state index contributed by atoms with van der Waals surface area (Å²) in [7, 11) is -0.950. The Kier molecular flexibility index (Phi) is 3.27. The van der Waals surface area contributed by atoms with Crippen LogP contribution in [0, 0.1) is 11.2 Å². The first-order chi connectivity index (χ1) is 2.41. The summed E-state index contributed by atoms with van der Waals surface area (Å²) >= 11 is 0. The maximum Gasteiger partial charge on any atom is 0.313 e. The molecule has 0 rings (SSSR count). The van der Waals surface area contributed by atoms with E-state index in [0.717, 1.165) is 6.87 Å². The van der Waals surface area contributed by atoms with E-state index in [4.69, 9.17) is 5.26 Å². The minimum atomic E-state index is -0.950. The normalized spacial score (nSPS) is 4.60. The van der Waals surface area contributed by atoms with Gasteiger partial charge in [-0.1, -0.05) is 0 Å². The molecule has 0 aromatic carbocycles. The lowest BCUT2D eigenvalue weighted by molar-refractivity contribution is 0.586. The van der Waals surface area contributed by atoms with Crippen molar-refractivity contribution in [2.75, 3.05) is 0 Å². The number of nitriles is 1. The van der Waals surface area contributed by atoms with Crippen LogP contribution < -0.4 is 0 Å². The summed E-state index contributed by atoms with van der Waals surface area (Å²) in [5.74, 6) is 1.62. The van der Waals surface area contributed by atoms with Gasteiger partial charge in [0.25, 0.3) is 0 Å². The predicted octanol–water partition coefficient (Wildman–Crippen LogP) is -1.13. The van der Waals surface area contributed by atoms with Crippen LogP contribution in [-0.4, -0.2) is 16.1 Å². The van der Waals surface area contributed by atoms with E-state index in [0.29, 0.717) is 0 Å². The predicted molar refractivity (Wildman–Crippen MR) is 19.2 cm³/mol. The Morgan fingerprint density at radius 2 is 2.60 bits per heavy atom. The van der Waals surface area contributed by atoms with Gasteiger partial charge in [0.2, 0.25) is 9.28 Å². The summed E-state index contributed by atoms with van der Waals surface area (Å²) in [6, 6.07) is 0. The lowest BCUT2D eigenvalue weighted by Crippen LogP contribution is -1.84. The molecule has 0 aromatic rings. The first-order valence-corrected chi connectivity index (χ1v) is 2.22. The smallest absolute Gasteiger partial charge is 0.313 e. The Bertz CT molecular complexity index is 66.5. The van der Waals surface area contributed by atoms with E-state index in [1.807, 2.05) is 0 Å². The summed E-state index contributed by atoms with van der Waals surface area (Å²) in [6.45, 7) is 1.08. The molecule has 0 atom stereocenters. The molecule has 0 fully saturated rings. The first kappa shape index (κ1) is 4.57. The molecule has 0 N–H and O–H groups in total. The summed E-state index contributed by atoms with van der Waals surface area (Å²) in [5, 5.41) is 7.58. The fourth-order valence-corrected chi connectivity index (χ4v) is 0.0913. The van der Waals surface area contributed by atoms with Crippen LogP contribution in [0.1, 0.15) is 0 Å². The number of rotatable bonds is 1. The number of nitrogens with zero attached hydrogens (tertiary/aromatic N) is 1. The molecule has 0 aliphatic rings. The molecule has 23 valence electrons. The van der Waals surface area contributed by atoms with Gasteiger partial charge in [0.1, 0.15) is 0 Å². The molecule has 2 nitrogen and oxygen atoms in total. The third-order valence-corrected chi connectivity index (χ3v) is 0.428. The Labute approximate surface area is 32.9 Å². The van der Waals surface area contributed by atoms with Crippen LogP contribution >= 0.6 is 0 Å². The Morgan fingerprint density at radius 1 is 2.00 bits per heavy atom. The van der Waals surface area contributed by atoms with Crippen LogP contribution in [0.15, 0.2) is 0 Å². The van der Waals surface area contributed by atoms with Crippen molar-refractivity contribution in [1.82, 2.24) is 0 Å².